The first-order valence-electron chi connectivity index (χ1n) is 5.79. The van der Waals surface area contributed by atoms with Crippen LogP contribution >= 0.6 is 0 Å². The molecule has 1 aromatic rings. The van der Waals surface area contributed by atoms with Crippen molar-refractivity contribution in [2.45, 2.75) is 38.0 Å². The maximum absolute atomic E-state index is 12.1. The molecule has 0 amide bonds. The third-order valence-corrected chi connectivity index (χ3v) is 4.02. The average molecular weight is 251 g/mol. The van der Waals surface area contributed by atoms with Crippen molar-refractivity contribution in [3.05, 3.63) is 48.6 Å². The molecule has 0 aliphatic carbocycles. The Balaban J connectivity index is 2.81. The number of hydrogen-bond acceptors (Lipinski definition) is 1. The van der Waals surface area contributed by atoms with Crippen molar-refractivity contribution in [3.63, 3.8) is 0 Å². The van der Waals surface area contributed by atoms with Gasteiger partial charge in [-0.05, 0) is 32.8 Å². The van der Waals surface area contributed by atoms with Gasteiger partial charge >= 0.3 is 0 Å². The zero-order valence-corrected chi connectivity index (χ0v) is 11.6. The summed E-state index contributed by atoms with van der Waals surface area (Å²) in [6.45, 7) is 9.65. The Morgan fingerprint density at radius 2 is 1.94 bits per heavy atom. The van der Waals surface area contributed by atoms with Crippen LogP contribution < -0.4 is 4.72 Å². The summed E-state index contributed by atoms with van der Waals surface area (Å²) in [7, 11) is -1.07. The van der Waals surface area contributed by atoms with Gasteiger partial charge in [-0.15, -0.1) is 6.58 Å². The first-order valence-corrected chi connectivity index (χ1v) is 6.94. The lowest BCUT2D eigenvalue weighted by atomic mass is 10.1. The Bertz CT molecular complexity index is 381. The highest BCUT2D eigenvalue weighted by Crippen LogP contribution is 2.20. The summed E-state index contributed by atoms with van der Waals surface area (Å²) in [5.41, 5.74) is 1.14. The van der Waals surface area contributed by atoms with Crippen LogP contribution in [0.15, 0.2) is 43.0 Å². The second kappa shape index (κ2) is 6.12. The minimum Gasteiger partial charge on any atom is -0.242 e. The lowest BCUT2D eigenvalue weighted by molar-refractivity contribution is 0.602. The third-order valence-electron chi connectivity index (χ3n) is 2.41. The topological polar surface area (TPSA) is 29.1 Å². The van der Waals surface area contributed by atoms with E-state index < -0.39 is 11.0 Å². The highest BCUT2D eigenvalue weighted by Gasteiger charge is 2.22. The molecule has 0 aliphatic heterocycles. The molecule has 0 unspecified atom stereocenters. The Kier molecular flexibility index (Phi) is 5.09. The summed E-state index contributed by atoms with van der Waals surface area (Å²) in [6.07, 6.45) is 2.62. The zero-order valence-electron chi connectivity index (χ0n) is 10.8. The van der Waals surface area contributed by atoms with Crippen molar-refractivity contribution in [3.8, 4) is 0 Å². The quantitative estimate of drug-likeness (QED) is 0.799. The summed E-state index contributed by atoms with van der Waals surface area (Å²) >= 11 is 0. The molecular formula is C14H21NOS. The number of benzene rings is 1. The molecule has 2 nitrogen and oxygen atoms in total. The number of hydrogen-bond donors (Lipinski definition) is 1. The Labute approximate surface area is 107 Å². The van der Waals surface area contributed by atoms with Gasteiger partial charge in [-0.25, -0.2) is 8.93 Å². The van der Waals surface area contributed by atoms with Gasteiger partial charge in [0.05, 0.1) is 15.7 Å². The van der Waals surface area contributed by atoms with Gasteiger partial charge in [0.1, 0.15) is 0 Å². The molecular weight excluding hydrogens is 230 g/mol. The SMILES string of the molecule is C=CC[C@H](N[S@@](=O)C(C)(C)C)c1ccccc1. The predicted molar refractivity (Wildman–Crippen MR) is 75.0 cm³/mol. The summed E-state index contributed by atoms with van der Waals surface area (Å²) in [6, 6.07) is 10.1. The van der Waals surface area contributed by atoms with E-state index in [1.807, 2.05) is 57.2 Å². The predicted octanol–water partition coefficient (Wildman–Crippen LogP) is 3.36. The molecule has 0 bridgehead atoms. The Morgan fingerprint density at radius 3 is 2.41 bits per heavy atom. The monoisotopic (exact) mass is 251 g/mol. The molecule has 0 fully saturated rings. The molecule has 0 aromatic heterocycles. The highest BCUT2D eigenvalue weighted by molar-refractivity contribution is 7.84. The van der Waals surface area contributed by atoms with Gasteiger partial charge in [0.2, 0.25) is 0 Å². The third kappa shape index (κ3) is 4.44. The van der Waals surface area contributed by atoms with E-state index >= 15 is 0 Å². The molecule has 17 heavy (non-hydrogen) atoms. The van der Waals surface area contributed by atoms with Crippen LogP contribution in [0, 0.1) is 0 Å². The molecule has 0 radical (unpaired) electrons. The smallest absolute Gasteiger partial charge is 0.0976 e. The van der Waals surface area contributed by atoms with Crippen LogP contribution in [0.2, 0.25) is 0 Å². The molecule has 0 aliphatic rings. The molecule has 0 saturated carbocycles. The fraction of sp³-hybridized carbons (Fsp3) is 0.429. The van der Waals surface area contributed by atoms with Gasteiger partial charge in [-0.3, -0.25) is 0 Å². The summed E-state index contributed by atoms with van der Waals surface area (Å²) in [5, 5.41) is 0. The van der Waals surface area contributed by atoms with Crippen molar-refractivity contribution in [2.24, 2.45) is 0 Å². The fourth-order valence-electron chi connectivity index (χ4n) is 1.41. The van der Waals surface area contributed by atoms with Gasteiger partial charge < -0.3 is 0 Å². The standard InChI is InChI=1S/C14H21NOS/c1-5-9-13(12-10-7-6-8-11-12)15-17(16)14(2,3)4/h5-8,10-11,13,15H,1,9H2,2-4H3/t13-,17-/m0/s1. The van der Waals surface area contributed by atoms with Crippen LogP contribution in [0.5, 0.6) is 0 Å². The lowest BCUT2D eigenvalue weighted by Crippen LogP contribution is -2.35. The first kappa shape index (κ1) is 14.1. The second-order valence-corrected chi connectivity index (χ2v) is 6.98. The highest BCUT2D eigenvalue weighted by atomic mass is 32.2. The van der Waals surface area contributed by atoms with Crippen molar-refractivity contribution < 1.29 is 4.21 Å². The van der Waals surface area contributed by atoms with Gasteiger partial charge in [-0.1, -0.05) is 36.4 Å². The zero-order chi connectivity index (χ0) is 12.9. The van der Waals surface area contributed by atoms with Crippen molar-refractivity contribution in [1.82, 2.24) is 4.72 Å². The molecule has 0 heterocycles. The normalized spacial score (nSPS) is 15.2. The maximum atomic E-state index is 12.1. The van der Waals surface area contributed by atoms with Crippen LogP contribution in [-0.2, 0) is 11.0 Å². The van der Waals surface area contributed by atoms with E-state index in [0.29, 0.717) is 0 Å². The molecule has 1 rings (SSSR count). The number of rotatable bonds is 5. The molecule has 0 saturated heterocycles. The summed E-state index contributed by atoms with van der Waals surface area (Å²) < 4.78 is 15.0. The van der Waals surface area contributed by atoms with Crippen LogP contribution in [-0.4, -0.2) is 8.96 Å². The molecule has 1 N–H and O–H groups in total. The van der Waals surface area contributed by atoms with Gasteiger partial charge in [0.15, 0.2) is 0 Å². The molecule has 2 atom stereocenters. The van der Waals surface area contributed by atoms with Crippen molar-refractivity contribution in [1.29, 1.82) is 0 Å². The largest absolute Gasteiger partial charge is 0.242 e. The maximum Gasteiger partial charge on any atom is 0.0976 e. The van der Waals surface area contributed by atoms with Gasteiger partial charge in [0.25, 0.3) is 0 Å². The van der Waals surface area contributed by atoms with E-state index in [4.69, 9.17) is 0 Å². The Morgan fingerprint density at radius 1 is 1.35 bits per heavy atom. The van der Waals surface area contributed by atoms with E-state index in [2.05, 4.69) is 11.3 Å². The molecule has 94 valence electrons. The van der Waals surface area contributed by atoms with E-state index in [9.17, 15) is 4.21 Å². The van der Waals surface area contributed by atoms with Gasteiger partial charge in [-0.2, -0.15) is 0 Å². The van der Waals surface area contributed by atoms with Crippen LogP contribution in [0.1, 0.15) is 38.8 Å². The van der Waals surface area contributed by atoms with E-state index in [-0.39, 0.29) is 10.8 Å². The molecule has 1 aromatic carbocycles. The van der Waals surface area contributed by atoms with E-state index in [0.717, 1.165) is 12.0 Å². The van der Waals surface area contributed by atoms with Gasteiger partial charge in [0, 0.05) is 6.04 Å². The average Bonchev–Trinajstić information content (AvgIpc) is 2.28. The first-order chi connectivity index (χ1) is 7.95. The van der Waals surface area contributed by atoms with Crippen molar-refractivity contribution in [2.75, 3.05) is 0 Å². The van der Waals surface area contributed by atoms with Crippen LogP contribution in [0.4, 0.5) is 0 Å². The second-order valence-electron chi connectivity index (χ2n) is 4.99. The Hall–Kier alpha value is -0.930. The lowest BCUT2D eigenvalue weighted by Gasteiger charge is -2.23. The minimum atomic E-state index is -1.07. The van der Waals surface area contributed by atoms with Crippen LogP contribution in [0.25, 0.3) is 0 Å². The van der Waals surface area contributed by atoms with E-state index in [1.54, 1.807) is 0 Å². The summed E-state index contributed by atoms with van der Waals surface area (Å²) in [5.74, 6) is 0. The number of nitrogens with one attached hydrogen (secondary N) is 1. The minimum absolute atomic E-state index is 0.0637. The molecule has 3 heteroatoms. The molecule has 0 spiro atoms. The fourth-order valence-corrected chi connectivity index (χ4v) is 2.25. The summed E-state index contributed by atoms with van der Waals surface area (Å²) in [4.78, 5) is 0. The van der Waals surface area contributed by atoms with Crippen LogP contribution in [0.3, 0.4) is 0 Å². The van der Waals surface area contributed by atoms with Crippen molar-refractivity contribution >= 4 is 11.0 Å². The van der Waals surface area contributed by atoms with E-state index in [1.165, 1.54) is 0 Å².